The van der Waals surface area contributed by atoms with Crippen LogP contribution in [-0.4, -0.2) is 34.2 Å². The van der Waals surface area contributed by atoms with E-state index in [1.54, 1.807) is 23.2 Å². The number of halogens is 1. The van der Waals surface area contributed by atoms with Gasteiger partial charge in [0, 0.05) is 12.7 Å². The normalized spacial score (nSPS) is 17.0. The average molecular weight is 318 g/mol. The summed E-state index contributed by atoms with van der Waals surface area (Å²) >= 11 is 5.96. The maximum absolute atomic E-state index is 12.5. The van der Waals surface area contributed by atoms with Crippen molar-refractivity contribution in [2.24, 2.45) is 0 Å². The lowest BCUT2D eigenvalue weighted by atomic mass is 9.93. The van der Waals surface area contributed by atoms with Crippen molar-refractivity contribution in [3.8, 4) is 0 Å². The summed E-state index contributed by atoms with van der Waals surface area (Å²) in [5.41, 5.74) is 2.62. The summed E-state index contributed by atoms with van der Waals surface area (Å²) in [5.74, 6) is 0. The highest BCUT2D eigenvalue weighted by Crippen LogP contribution is 2.30. The van der Waals surface area contributed by atoms with Crippen LogP contribution in [-0.2, 0) is 6.42 Å². The van der Waals surface area contributed by atoms with Crippen molar-refractivity contribution >= 4 is 23.3 Å². The molecule has 0 bridgehead atoms. The Morgan fingerprint density at radius 1 is 1.36 bits per heavy atom. The smallest absolute Gasteiger partial charge is 0.322 e. The van der Waals surface area contributed by atoms with Crippen LogP contribution in [0.1, 0.15) is 17.2 Å². The minimum absolute atomic E-state index is 0.120. The minimum atomic E-state index is -0.347. The first-order valence-corrected chi connectivity index (χ1v) is 7.45. The molecule has 22 heavy (non-hydrogen) atoms. The molecule has 0 radical (unpaired) electrons. The first kappa shape index (κ1) is 14.8. The van der Waals surface area contributed by atoms with Crippen LogP contribution in [0.25, 0.3) is 0 Å². The fourth-order valence-electron chi connectivity index (χ4n) is 2.76. The molecule has 3 rings (SSSR count). The molecule has 6 heteroatoms. The van der Waals surface area contributed by atoms with Gasteiger partial charge >= 0.3 is 6.03 Å². The highest BCUT2D eigenvalue weighted by atomic mass is 35.5. The van der Waals surface area contributed by atoms with Crippen LogP contribution in [0.2, 0.25) is 5.15 Å². The Kier molecular flexibility index (Phi) is 4.27. The van der Waals surface area contributed by atoms with Crippen molar-refractivity contribution in [3.63, 3.8) is 0 Å². The number of hydrogen-bond donors (Lipinski definition) is 2. The first-order chi connectivity index (χ1) is 10.7. The SMILES string of the molecule is O=C(Nc1cccnc1Cl)N1CCc2ccccc2[C@H]1CO. The van der Waals surface area contributed by atoms with Crippen molar-refractivity contribution in [1.82, 2.24) is 9.88 Å². The number of carbonyl (C=O) groups is 1. The summed E-state index contributed by atoms with van der Waals surface area (Å²) in [6.07, 6.45) is 2.33. The second kappa shape index (κ2) is 6.34. The molecule has 1 atom stereocenters. The Balaban J connectivity index is 1.83. The lowest BCUT2D eigenvalue weighted by Gasteiger charge is -2.36. The Bertz CT molecular complexity index is 693. The molecule has 0 fully saturated rings. The number of nitrogens with one attached hydrogen (secondary N) is 1. The van der Waals surface area contributed by atoms with E-state index >= 15 is 0 Å². The third-order valence-electron chi connectivity index (χ3n) is 3.85. The van der Waals surface area contributed by atoms with E-state index in [0.717, 1.165) is 12.0 Å². The number of amides is 2. The van der Waals surface area contributed by atoms with Gasteiger partial charge in [0.15, 0.2) is 5.15 Å². The number of pyridine rings is 1. The molecule has 1 aromatic heterocycles. The monoisotopic (exact) mass is 317 g/mol. The zero-order valence-electron chi connectivity index (χ0n) is 11.9. The maximum atomic E-state index is 12.5. The Morgan fingerprint density at radius 3 is 2.95 bits per heavy atom. The molecule has 2 amide bonds. The van der Waals surface area contributed by atoms with Crippen LogP contribution in [0, 0.1) is 0 Å². The largest absolute Gasteiger partial charge is 0.394 e. The molecule has 0 saturated carbocycles. The number of hydrogen-bond acceptors (Lipinski definition) is 3. The van der Waals surface area contributed by atoms with Crippen molar-refractivity contribution in [1.29, 1.82) is 0 Å². The highest BCUT2D eigenvalue weighted by molar-refractivity contribution is 6.32. The van der Waals surface area contributed by atoms with Crippen molar-refractivity contribution in [3.05, 3.63) is 58.9 Å². The van der Waals surface area contributed by atoms with Gasteiger partial charge in [0.25, 0.3) is 0 Å². The van der Waals surface area contributed by atoms with Crippen molar-refractivity contribution in [2.75, 3.05) is 18.5 Å². The number of benzene rings is 1. The lowest BCUT2D eigenvalue weighted by Crippen LogP contribution is -2.43. The Hall–Kier alpha value is -2.11. The molecule has 0 spiro atoms. The summed E-state index contributed by atoms with van der Waals surface area (Å²) in [6.45, 7) is 0.428. The number of fused-ring (bicyclic) bond motifs is 1. The summed E-state index contributed by atoms with van der Waals surface area (Å²) in [4.78, 5) is 18.1. The second-order valence-electron chi connectivity index (χ2n) is 5.11. The van der Waals surface area contributed by atoms with E-state index in [0.29, 0.717) is 12.2 Å². The fourth-order valence-corrected chi connectivity index (χ4v) is 2.92. The van der Waals surface area contributed by atoms with Crippen LogP contribution in [0.4, 0.5) is 10.5 Å². The molecule has 1 aliphatic heterocycles. The van der Waals surface area contributed by atoms with E-state index in [4.69, 9.17) is 11.6 Å². The Morgan fingerprint density at radius 2 is 2.18 bits per heavy atom. The number of aromatic nitrogens is 1. The third kappa shape index (κ3) is 2.77. The topological polar surface area (TPSA) is 65.5 Å². The van der Waals surface area contributed by atoms with Gasteiger partial charge in [-0.2, -0.15) is 0 Å². The van der Waals surface area contributed by atoms with Gasteiger partial charge in [0.1, 0.15) is 0 Å². The number of carbonyl (C=O) groups excluding carboxylic acids is 1. The van der Waals surface area contributed by atoms with E-state index in [1.807, 2.05) is 24.3 Å². The van der Waals surface area contributed by atoms with E-state index in [2.05, 4.69) is 10.3 Å². The lowest BCUT2D eigenvalue weighted by molar-refractivity contribution is 0.135. The standard InChI is InChI=1S/C16H16ClN3O2/c17-15-13(6-3-8-18-15)19-16(22)20-9-7-11-4-1-2-5-12(11)14(20)10-21/h1-6,8,14,21H,7,9-10H2,(H,19,22)/t14-/m1/s1. The number of anilines is 1. The van der Waals surface area contributed by atoms with Crippen LogP contribution >= 0.6 is 11.6 Å². The first-order valence-electron chi connectivity index (χ1n) is 7.07. The molecule has 1 aliphatic rings. The van der Waals surface area contributed by atoms with Gasteiger partial charge in [-0.3, -0.25) is 0 Å². The molecule has 2 heterocycles. The highest BCUT2D eigenvalue weighted by Gasteiger charge is 2.30. The molecule has 0 unspecified atom stereocenters. The van der Waals surface area contributed by atoms with Gasteiger partial charge in [-0.25, -0.2) is 9.78 Å². The van der Waals surface area contributed by atoms with Crippen LogP contribution in [0.5, 0.6) is 0 Å². The van der Waals surface area contributed by atoms with E-state index in [9.17, 15) is 9.90 Å². The number of rotatable bonds is 2. The number of nitrogens with zero attached hydrogens (tertiary/aromatic N) is 2. The zero-order chi connectivity index (χ0) is 15.5. The Labute approximate surface area is 133 Å². The van der Waals surface area contributed by atoms with Gasteiger partial charge in [0.2, 0.25) is 0 Å². The van der Waals surface area contributed by atoms with E-state index in [1.165, 1.54) is 5.56 Å². The third-order valence-corrected chi connectivity index (χ3v) is 4.15. The van der Waals surface area contributed by atoms with Gasteiger partial charge in [0.05, 0.1) is 18.3 Å². The van der Waals surface area contributed by atoms with E-state index < -0.39 is 0 Å². The number of urea groups is 1. The summed E-state index contributed by atoms with van der Waals surface area (Å²) in [5, 5.41) is 12.7. The van der Waals surface area contributed by atoms with Gasteiger partial charge in [-0.15, -0.1) is 0 Å². The van der Waals surface area contributed by atoms with Gasteiger partial charge in [-0.1, -0.05) is 35.9 Å². The predicted octanol–water partition coefficient (Wildman–Crippen LogP) is 2.86. The van der Waals surface area contributed by atoms with Gasteiger partial charge in [-0.05, 0) is 29.7 Å². The second-order valence-corrected chi connectivity index (χ2v) is 5.47. The molecule has 0 saturated heterocycles. The molecule has 0 aliphatic carbocycles. The predicted molar refractivity (Wildman–Crippen MR) is 84.9 cm³/mol. The summed E-state index contributed by atoms with van der Waals surface area (Å²) in [7, 11) is 0. The average Bonchev–Trinajstić information content (AvgIpc) is 2.55. The minimum Gasteiger partial charge on any atom is -0.394 e. The summed E-state index contributed by atoms with van der Waals surface area (Å²) < 4.78 is 0. The molecule has 2 aromatic rings. The molecular weight excluding hydrogens is 302 g/mol. The van der Waals surface area contributed by atoms with Crippen molar-refractivity contribution in [2.45, 2.75) is 12.5 Å². The molecule has 1 aromatic carbocycles. The van der Waals surface area contributed by atoms with Crippen LogP contribution < -0.4 is 5.32 Å². The molecule has 2 N–H and O–H groups in total. The van der Waals surface area contributed by atoms with Crippen molar-refractivity contribution < 1.29 is 9.90 Å². The number of aliphatic hydroxyl groups excluding tert-OH is 1. The zero-order valence-corrected chi connectivity index (χ0v) is 12.6. The van der Waals surface area contributed by atoms with Crippen LogP contribution in [0.15, 0.2) is 42.6 Å². The number of aliphatic hydroxyl groups is 1. The summed E-state index contributed by atoms with van der Waals surface area (Å²) in [6, 6.07) is 10.6. The van der Waals surface area contributed by atoms with Gasteiger partial charge < -0.3 is 15.3 Å². The van der Waals surface area contributed by atoms with E-state index in [-0.39, 0.29) is 23.8 Å². The van der Waals surface area contributed by atoms with Crippen LogP contribution in [0.3, 0.4) is 0 Å². The fraction of sp³-hybridized carbons (Fsp3) is 0.250. The maximum Gasteiger partial charge on any atom is 0.322 e. The molecule has 5 nitrogen and oxygen atoms in total. The molecule has 114 valence electrons. The quantitative estimate of drug-likeness (QED) is 0.837. The molecular formula is C16H16ClN3O2.